The van der Waals surface area contributed by atoms with Crippen LogP contribution < -0.4 is 5.32 Å². The van der Waals surface area contributed by atoms with Crippen LogP contribution in [0.15, 0.2) is 24.3 Å². The molecule has 1 rings (SSSR count). The molecule has 1 aromatic rings. The van der Waals surface area contributed by atoms with Crippen molar-refractivity contribution in [1.29, 1.82) is 0 Å². The molecule has 0 fully saturated rings. The summed E-state index contributed by atoms with van der Waals surface area (Å²) >= 11 is 0. The number of aryl methyl sites for hydroxylation is 1. The monoisotopic (exact) mass is 276 g/mol. The highest BCUT2D eigenvalue weighted by molar-refractivity contribution is 5.75. The van der Waals surface area contributed by atoms with Crippen LogP contribution in [0, 0.1) is 0 Å². The van der Waals surface area contributed by atoms with Gasteiger partial charge in [0, 0.05) is 26.1 Å². The van der Waals surface area contributed by atoms with E-state index in [4.69, 9.17) is 0 Å². The van der Waals surface area contributed by atoms with Gasteiger partial charge >= 0.3 is 0 Å². The predicted molar refractivity (Wildman–Crippen MR) is 84.7 cm³/mol. The quantitative estimate of drug-likeness (QED) is 0.740. The maximum absolute atomic E-state index is 12.0. The van der Waals surface area contributed by atoms with E-state index in [1.807, 2.05) is 11.9 Å². The average molecular weight is 276 g/mol. The Hall–Kier alpha value is -1.35. The minimum Gasteiger partial charge on any atom is -0.341 e. The fourth-order valence-corrected chi connectivity index (χ4v) is 2.06. The van der Waals surface area contributed by atoms with Gasteiger partial charge in [0.2, 0.25) is 5.91 Å². The van der Waals surface area contributed by atoms with Crippen molar-refractivity contribution in [3.63, 3.8) is 0 Å². The number of nitrogens with zero attached hydrogens (tertiary/aromatic N) is 1. The van der Waals surface area contributed by atoms with E-state index in [0.29, 0.717) is 19.0 Å². The van der Waals surface area contributed by atoms with Crippen molar-refractivity contribution in [3.8, 4) is 0 Å². The number of hydrogen-bond donors (Lipinski definition) is 1. The topological polar surface area (TPSA) is 32.3 Å². The van der Waals surface area contributed by atoms with E-state index in [-0.39, 0.29) is 5.91 Å². The zero-order valence-electron chi connectivity index (χ0n) is 13.3. The van der Waals surface area contributed by atoms with Crippen molar-refractivity contribution in [1.82, 2.24) is 10.2 Å². The second-order valence-electron chi connectivity index (χ2n) is 5.63. The van der Waals surface area contributed by atoms with Crippen molar-refractivity contribution < 1.29 is 4.79 Å². The normalized spacial score (nSPS) is 10.8. The molecule has 0 aliphatic carbocycles. The molecule has 3 heteroatoms. The third-order valence-corrected chi connectivity index (χ3v) is 3.40. The lowest BCUT2D eigenvalue weighted by Gasteiger charge is -2.18. The molecular weight excluding hydrogens is 248 g/mol. The second kappa shape index (κ2) is 8.75. The molecule has 0 spiro atoms. The van der Waals surface area contributed by atoms with Gasteiger partial charge in [-0.2, -0.15) is 0 Å². The van der Waals surface area contributed by atoms with E-state index < -0.39 is 0 Å². The van der Waals surface area contributed by atoms with Gasteiger partial charge in [-0.15, -0.1) is 0 Å². The van der Waals surface area contributed by atoms with Crippen LogP contribution >= 0.6 is 0 Å². The molecule has 1 aromatic carbocycles. The zero-order chi connectivity index (χ0) is 15.0. The molecule has 112 valence electrons. The molecule has 0 aliphatic heterocycles. The van der Waals surface area contributed by atoms with E-state index in [0.717, 1.165) is 19.4 Å². The second-order valence-corrected chi connectivity index (χ2v) is 5.63. The Morgan fingerprint density at radius 2 is 1.80 bits per heavy atom. The Morgan fingerprint density at radius 3 is 2.35 bits per heavy atom. The summed E-state index contributed by atoms with van der Waals surface area (Å²) in [6, 6.07) is 8.99. The molecule has 0 heterocycles. The van der Waals surface area contributed by atoms with E-state index >= 15 is 0 Å². The lowest BCUT2D eigenvalue weighted by molar-refractivity contribution is -0.130. The predicted octanol–water partition coefficient (Wildman–Crippen LogP) is 2.99. The van der Waals surface area contributed by atoms with Gasteiger partial charge in [0.25, 0.3) is 0 Å². The van der Waals surface area contributed by atoms with Gasteiger partial charge < -0.3 is 10.2 Å². The van der Waals surface area contributed by atoms with Crippen molar-refractivity contribution in [2.75, 3.05) is 13.6 Å². The minimum absolute atomic E-state index is 0.218. The molecule has 0 radical (unpaired) electrons. The third kappa shape index (κ3) is 6.20. The van der Waals surface area contributed by atoms with E-state index in [1.54, 1.807) is 0 Å². The van der Waals surface area contributed by atoms with Crippen LogP contribution in [0.5, 0.6) is 0 Å². The van der Waals surface area contributed by atoms with Crippen LogP contribution in [-0.4, -0.2) is 30.4 Å². The van der Waals surface area contributed by atoms with Gasteiger partial charge in [0.15, 0.2) is 0 Å². The van der Waals surface area contributed by atoms with E-state index in [2.05, 4.69) is 50.4 Å². The van der Waals surface area contributed by atoms with Gasteiger partial charge in [-0.25, -0.2) is 0 Å². The smallest absolute Gasteiger partial charge is 0.222 e. The molecule has 3 nitrogen and oxygen atoms in total. The van der Waals surface area contributed by atoms with Crippen LogP contribution in [-0.2, 0) is 17.8 Å². The molecule has 20 heavy (non-hydrogen) atoms. The Kier molecular flexibility index (Phi) is 7.31. The maximum atomic E-state index is 12.0. The van der Waals surface area contributed by atoms with Crippen LogP contribution in [0.25, 0.3) is 0 Å². The Balaban J connectivity index is 2.33. The lowest BCUT2D eigenvalue weighted by atomic mass is 10.1. The minimum atomic E-state index is 0.218. The first kappa shape index (κ1) is 16.7. The van der Waals surface area contributed by atoms with E-state index in [1.165, 1.54) is 11.1 Å². The largest absolute Gasteiger partial charge is 0.341 e. The molecule has 0 bridgehead atoms. The molecule has 0 aromatic heterocycles. The first-order valence-corrected chi connectivity index (χ1v) is 7.58. The molecule has 0 saturated heterocycles. The van der Waals surface area contributed by atoms with Crippen LogP contribution in [0.2, 0.25) is 0 Å². The highest BCUT2D eigenvalue weighted by Gasteiger charge is 2.08. The van der Waals surface area contributed by atoms with Crippen molar-refractivity contribution in [3.05, 3.63) is 35.4 Å². The van der Waals surface area contributed by atoms with Gasteiger partial charge in [0.05, 0.1) is 0 Å². The SMILES string of the molecule is CCc1ccc(CN(C)C(=O)CCCNC(C)C)cc1. The summed E-state index contributed by atoms with van der Waals surface area (Å²) in [5, 5.41) is 3.33. The summed E-state index contributed by atoms with van der Waals surface area (Å²) in [6.45, 7) is 7.99. The summed E-state index contributed by atoms with van der Waals surface area (Å²) in [5.41, 5.74) is 2.53. The van der Waals surface area contributed by atoms with Gasteiger partial charge in [-0.1, -0.05) is 45.0 Å². The molecule has 0 unspecified atom stereocenters. The number of rotatable bonds is 8. The summed E-state index contributed by atoms with van der Waals surface area (Å²) in [6.07, 6.45) is 2.57. The molecule has 1 N–H and O–H groups in total. The molecule has 0 saturated carbocycles. The molecule has 0 aliphatic rings. The van der Waals surface area contributed by atoms with Crippen molar-refractivity contribution in [2.45, 2.75) is 52.6 Å². The van der Waals surface area contributed by atoms with Gasteiger partial charge in [-0.3, -0.25) is 4.79 Å². The van der Waals surface area contributed by atoms with E-state index in [9.17, 15) is 4.79 Å². The average Bonchev–Trinajstić information content (AvgIpc) is 2.44. The van der Waals surface area contributed by atoms with Crippen LogP contribution in [0.3, 0.4) is 0 Å². The fraction of sp³-hybridized carbons (Fsp3) is 0.588. The number of hydrogen-bond acceptors (Lipinski definition) is 2. The maximum Gasteiger partial charge on any atom is 0.222 e. The van der Waals surface area contributed by atoms with Gasteiger partial charge in [-0.05, 0) is 30.5 Å². The summed E-state index contributed by atoms with van der Waals surface area (Å²) in [4.78, 5) is 13.8. The Morgan fingerprint density at radius 1 is 1.20 bits per heavy atom. The standard InChI is InChI=1S/C17H28N2O/c1-5-15-8-10-16(11-9-15)13-19(4)17(20)7-6-12-18-14(2)3/h8-11,14,18H,5-7,12-13H2,1-4H3. The Bertz CT molecular complexity index is 398. The summed E-state index contributed by atoms with van der Waals surface area (Å²) in [7, 11) is 1.88. The van der Waals surface area contributed by atoms with Crippen LogP contribution in [0.1, 0.15) is 44.7 Å². The zero-order valence-corrected chi connectivity index (χ0v) is 13.3. The highest BCUT2D eigenvalue weighted by atomic mass is 16.2. The fourth-order valence-electron chi connectivity index (χ4n) is 2.06. The lowest BCUT2D eigenvalue weighted by Crippen LogP contribution is -2.28. The summed E-state index contributed by atoms with van der Waals surface area (Å²) in [5.74, 6) is 0.218. The molecular formula is C17H28N2O. The third-order valence-electron chi connectivity index (χ3n) is 3.40. The van der Waals surface area contributed by atoms with Crippen molar-refractivity contribution in [2.24, 2.45) is 0 Å². The highest BCUT2D eigenvalue weighted by Crippen LogP contribution is 2.08. The number of carbonyl (C=O) groups is 1. The number of amides is 1. The first-order valence-electron chi connectivity index (χ1n) is 7.58. The number of benzene rings is 1. The number of nitrogens with one attached hydrogen (secondary N) is 1. The first-order chi connectivity index (χ1) is 9.52. The van der Waals surface area contributed by atoms with Crippen molar-refractivity contribution >= 4 is 5.91 Å². The Labute approximate surface area is 123 Å². The molecule has 0 atom stereocenters. The molecule has 1 amide bonds. The van der Waals surface area contributed by atoms with Gasteiger partial charge in [0.1, 0.15) is 0 Å². The van der Waals surface area contributed by atoms with Crippen LogP contribution in [0.4, 0.5) is 0 Å². The summed E-state index contributed by atoms with van der Waals surface area (Å²) < 4.78 is 0. The number of carbonyl (C=O) groups excluding carboxylic acids is 1.